The van der Waals surface area contributed by atoms with E-state index in [0.29, 0.717) is 5.88 Å². The highest BCUT2D eigenvalue weighted by Crippen LogP contribution is 2.19. The zero-order valence-corrected chi connectivity index (χ0v) is 8.39. The first-order valence-electron chi connectivity index (χ1n) is 4.12. The van der Waals surface area contributed by atoms with E-state index < -0.39 is 0 Å². The Bertz CT molecular complexity index is 224. The van der Waals surface area contributed by atoms with Gasteiger partial charge in [0.25, 0.3) is 0 Å². The monoisotopic (exact) mass is 166 g/mol. The van der Waals surface area contributed by atoms with E-state index in [1.165, 1.54) is 11.1 Å². The smallest absolute Gasteiger partial charge is 0.368 e. The molecule has 2 heteroatoms. The summed E-state index contributed by atoms with van der Waals surface area (Å²) in [4.78, 5) is 0. The Balaban J connectivity index is 3.60. The highest BCUT2D eigenvalue weighted by Gasteiger charge is 2.17. The first-order valence-corrected chi connectivity index (χ1v) is 4.12. The summed E-state index contributed by atoms with van der Waals surface area (Å²) in [6.07, 6.45) is 0. The molecule has 1 aromatic heterocycles. The topological polar surface area (TPSA) is 24.1 Å². The molecular formula is C10H16NO+. The van der Waals surface area contributed by atoms with Gasteiger partial charge in [-0.3, -0.25) is 0 Å². The van der Waals surface area contributed by atoms with Gasteiger partial charge in [-0.1, -0.05) is 0 Å². The second kappa shape index (κ2) is 2.77. The summed E-state index contributed by atoms with van der Waals surface area (Å²) in [6, 6.07) is 0. The Labute approximate surface area is 73.5 Å². The van der Waals surface area contributed by atoms with Crippen LogP contribution < -0.4 is 4.57 Å². The van der Waals surface area contributed by atoms with E-state index in [0.717, 1.165) is 11.3 Å². The minimum atomic E-state index is 0.371. The van der Waals surface area contributed by atoms with Gasteiger partial charge in [0.15, 0.2) is 5.69 Å². The van der Waals surface area contributed by atoms with Crippen LogP contribution >= 0.6 is 0 Å². The number of hydrogen-bond donors (Lipinski definition) is 1. The average molecular weight is 166 g/mol. The molecule has 0 aromatic carbocycles. The standard InChI is InChI=1S/C10H15NO/c1-6-7(2)9(4)11(5)10(12)8(6)3/h1-5H3/p+1. The summed E-state index contributed by atoms with van der Waals surface area (Å²) in [7, 11) is 1.88. The van der Waals surface area contributed by atoms with Crippen molar-refractivity contribution in [3.05, 3.63) is 22.4 Å². The van der Waals surface area contributed by atoms with E-state index in [1.54, 1.807) is 0 Å². The average Bonchev–Trinajstić information content (AvgIpc) is 2.08. The van der Waals surface area contributed by atoms with Crippen LogP contribution in [0.2, 0.25) is 0 Å². The molecule has 1 rings (SSSR count). The Morgan fingerprint density at radius 2 is 1.42 bits per heavy atom. The predicted octanol–water partition coefficient (Wildman–Crippen LogP) is 1.45. The van der Waals surface area contributed by atoms with E-state index in [4.69, 9.17) is 0 Å². The lowest BCUT2D eigenvalue weighted by Crippen LogP contribution is -2.34. The van der Waals surface area contributed by atoms with Crippen molar-refractivity contribution in [1.82, 2.24) is 0 Å². The van der Waals surface area contributed by atoms with Gasteiger partial charge in [0.05, 0.1) is 5.56 Å². The lowest BCUT2D eigenvalue weighted by molar-refractivity contribution is -0.684. The summed E-state index contributed by atoms with van der Waals surface area (Å²) in [6.45, 7) is 8.08. The maximum absolute atomic E-state index is 9.66. The van der Waals surface area contributed by atoms with Crippen molar-refractivity contribution in [3.63, 3.8) is 0 Å². The van der Waals surface area contributed by atoms with Crippen molar-refractivity contribution in [2.75, 3.05) is 0 Å². The number of hydrogen-bond acceptors (Lipinski definition) is 1. The van der Waals surface area contributed by atoms with E-state index in [9.17, 15) is 5.11 Å². The van der Waals surface area contributed by atoms with Crippen LogP contribution in [0.15, 0.2) is 0 Å². The van der Waals surface area contributed by atoms with Crippen LogP contribution in [-0.4, -0.2) is 5.11 Å². The third kappa shape index (κ3) is 1.07. The van der Waals surface area contributed by atoms with E-state index >= 15 is 0 Å². The van der Waals surface area contributed by atoms with Crippen molar-refractivity contribution >= 4 is 0 Å². The molecule has 1 heterocycles. The van der Waals surface area contributed by atoms with E-state index in [2.05, 4.69) is 6.92 Å². The molecule has 0 fully saturated rings. The van der Waals surface area contributed by atoms with Crippen LogP contribution in [0.4, 0.5) is 0 Å². The van der Waals surface area contributed by atoms with Gasteiger partial charge < -0.3 is 5.11 Å². The summed E-state index contributed by atoms with van der Waals surface area (Å²) >= 11 is 0. The van der Waals surface area contributed by atoms with Crippen molar-refractivity contribution in [3.8, 4) is 5.88 Å². The number of pyridine rings is 1. The molecule has 0 aliphatic carbocycles. The Hall–Kier alpha value is -1.05. The van der Waals surface area contributed by atoms with Crippen LogP contribution in [0.1, 0.15) is 22.4 Å². The van der Waals surface area contributed by atoms with Crippen LogP contribution in [0.3, 0.4) is 0 Å². The van der Waals surface area contributed by atoms with Crippen molar-refractivity contribution in [2.24, 2.45) is 7.05 Å². The number of rotatable bonds is 0. The van der Waals surface area contributed by atoms with Crippen molar-refractivity contribution in [2.45, 2.75) is 27.7 Å². The molecule has 1 aromatic rings. The first kappa shape index (κ1) is 9.04. The fourth-order valence-corrected chi connectivity index (χ4v) is 1.38. The molecule has 12 heavy (non-hydrogen) atoms. The van der Waals surface area contributed by atoms with Crippen molar-refractivity contribution in [1.29, 1.82) is 0 Å². The van der Waals surface area contributed by atoms with Gasteiger partial charge in [-0.2, -0.15) is 4.57 Å². The van der Waals surface area contributed by atoms with Gasteiger partial charge >= 0.3 is 5.88 Å². The number of aromatic hydroxyl groups is 1. The molecule has 2 nitrogen and oxygen atoms in total. The SMILES string of the molecule is Cc1c(C)c(C)[n+](C)c(O)c1C. The molecule has 0 saturated heterocycles. The lowest BCUT2D eigenvalue weighted by atomic mass is 10.0. The maximum atomic E-state index is 9.66. The molecule has 0 amide bonds. The normalized spacial score (nSPS) is 10.4. The largest absolute Gasteiger partial charge is 0.460 e. The Kier molecular flexibility index (Phi) is 2.09. The zero-order valence-electron chi connectivity index (χ0n) is 8.39. The van der Waals surface area contributed by atoms with Crippen LogP contribution in [0.25, 0.3) is 0 Å². The van der Waals surface area contributed by atoms with Gasteiger partial charge in [0.2, 0.25) is 0 Å². The van der Waals surface area contributed by atoms with E-state index in [-0.39, 0.29) is 0 Å². The molecule has 0 unspecified atom stereocenters. The third-order valence-electron chi connectivity index (χ3n) is 2.82. The molecule has 0 saturated carbocycles. The highest BCUT2D eigenvalue weighted by atomic mass is 16.3. The van der Waals surface area contributed by atoms with Gasteiger partial charge in [0.1, 0.15) is 7.05 Å². The predicted molar refractivity (Wildman–Crippen MR) is 48.2 cm³/mol. The molecule has 0 atom stereocenters. The molecule has 66 valence electrons. The fraction of sp³-hybridized carbons (Fsp3) is 0.500. The minimum absolute atomic E-state index is 0.371. The number of nitrogens with zero attached hydrogens (tertiary/aromatic N) is 1. The van der Waals surface area contributed by atoms with Gasteiger partial charge in [-0.15, -0.1) is 0 Å². The quantitative estimate of drug-likeness (QED) is 0.579. The summed E-state index contributed by atoms with van der Waals surface area (Å²) in [5.74, 6) is 0.371. The van der Waals surface area contributed by atoms with Gasteiger partial charge in [-0.25, -0.2) is 0 Å². The minimum Gasteiger partial charge on any atom is -0.460 e. The maximum Gasteiger partial charge on any atom is 0.368 e. The molecule has 0 aliphatic heterocycles. The molecular weight excluding hydrogens is 150 g/mol. The van der Waals surface area contributed by atoms with Gasteiger partial charge in [0, 0.05) is 12.5 Å². The van der Waals surface area contributed by atoms with Crippen LogP contribution in [-0.2, 0) is 7.05 Å². The third-order valence-corrected chi connectivity index (χ3v) is 2.82. The van der Waals surface area contributed by atoms with Crippen LogP contribution in [0, 0.1) is 27.7 Å². The summed E-state index contributed by atoms with van der Waals surface area (Å²) < 4.78 is 1.82. The summed E-state index contributed by atoms with van der Waals surface area (Å²) in [5.41, 5.74) is 4.53. The van der Waals surface area contributed by atoms with E-state index in [1.807, 2.05) is 32.4 Å². The molecule has 0 aliphatic rings. The second-order valence-electron chi connectivity index (χ2n) is 3.34. The van der Waals surface area contributed by atoms with Crippen LogP contribution in [0.5, 0.6) is 5.88 Å². The molecule has 1 N–H and O–H groups in total. The number of aromatic nitrogens is 1. The summed E-state index contributed by atoms with van der Waals surface area (Å²) in [5, 5.41) is 9.66. The lowest BCUT2D eigenvalue weighted by Gasteiger charge is -2.07. The molecule has 0 bridgehead atoms. The second-order valence-corrected chi connectivity index (χ2v) is 3.34. The molecule has 0 radical (unpaired) electrons. The Morgan fingerprint density at radius 1 is 0.917 bits per heavy atom. The molecule has 0 spiro atoms. The Morgan fingerprint density at radius 3 is 1.92 bits per heavy atom. The highest BCUT2D eigenvalue weighted by molar-refractivity contribution is 5.36. The fourth-order valence-electron chi connectivity index (χ4n) is 1.38. The van der Waals surface area contributed by atoms with Crippen molar-refractivity contribution < 1.29 is 9.67 Å². The van der Waals surface area contributed by atoms with Gasteiger partial charge in [-0.05, 0) is 26.3 Å². The first-order chi connectivity index (χ1) is 5.46. The zero-order chi connectivity index (χ0) is 9.46.